The highest BCUT2D eigenvalue weighted by molar-refractivity contribution is 6.33. The van der Waals surface area contributed by atoms with Crippen LogP contribution in [0.15, 0.2) is 12.1 Å². The first-order valence-corrected chi connectivity index (χ1v) is 5.62. The zero-order chi connectivity index (χ0) is 10.4. The SMILES string of the molecule is Nc1cc2c(cc1Cl)N1CCCC1CO2. The number of nitrogens with zero attached hydrogens (tertiary/aromatic N) is 1. The number of rotatable bonds is 0. The summed E-state index contributed by atoms with van der Waals surface area (Å²) >= 11 is 6.03. The van der Waals surface area contributed by atoms with Gasteiger partial charge in [0.1, 0.15) is 12.4 Å². The second kappa shape index (κ2) is 3.20. The zero-order valence-electron chi connectivity index (χ0n) is 8.37. The fourth-order valence-corrected chi connectivity index (χ4v) is 2.57. The molecule has 0 aromatic heterocycles. The van der Waals surface area contributed by atoms with E-state index in [-0.39, 0.29) is 0 Å². The van der Waals surface area contributed by atoms with E-state index in [2.05, 4.69) is 4.90 Å². The van der Waals surface area contributed by atoms with E-state index in [1.54, 1.807) is 0 Å². The van der Waals surface area contributed by atoms with Crippen LogP contribution < -0.4 is 15.4 Å². The summed E-state index contributed by atoms with van der Waals surface area (Å²) in [4.78, 5) is 2.38. The van der Waals surface area contributed by atoms with Crippen LogP contribution in [0.2, 0.25) is 5.02 Å². The van der Waals surface area contributed by atoms with E-state index >= 15 is 0 Å². The quantitative estimate of drug-likeness (QED) is 0.688. The van der Waals surface area contributed by atoms with Gasteiger partial charge in [0, 0.05) is 12.6 Å². The molecule has 2 heterocycles. The molecule has 1 aromatic carbocycles. The van der Waals surface area contributed by atoms with Gasteiger partial charge in [0.15, 0.2) is 0 Å². The van der Waals surface area contributed by atoms with E-state index in [0.29, 0.717) is 16.8 Å². The average molecular weight is 225 g/mol. The molecule has 1 unspecified atom stereocenters. The number of hydrogen-bond donors (Lipinski definition) is 1. The highest BCUT2D eigenvalue weighted by atomic mass is 35.5. The van der Waals surface area contributed by atoms with Crippen molar-refractivity contribution < 1.29 is 4.74 Å². The molecule has 1 saturated heterocycles. The van der Waals surface area contributed by atoms with Crippen molar-refractivity contribution in [3.8, 4) is 5.75 Å². The first-order valence-electron chi connectivity index (χ1n) is 5.24. The third kappa shape index (κ3) is 1.34. The molecule has 0 radical (unpaired) electrons. The first-order chi connectivity index (χ1) is 7.25. The summed E-state index contributed by atoms with van der Waals surface area (Å²) in [5, 5.41) is 0.616. The number of halogens is 1. The minimum atomic E-state index is 0.525. The molecule has 15 heavy (non-hydrogen) atoms. The maximum absolute atomic E-state index is 6.03. The van der Waals surface area contributed by atoms with Crippen LogP contribution in [0.1, 0.15) is 12.8 Å². The van der Waals surface area contributed by atoms with Gasteiger partial charge >= 0.3 is 0 Å². The number of ether oxygens (including phenoxy) is 1. The molecule has 0 amide bonds. The van der Waals surface area contributed by atoms with Gasteiger partial charge in [-0.15, -0.1) is 0 Å². The van der Waals surface area contributed by atoms with Gasteiger partial charge in [0.2, 0.25) is 0 Å². The molecule has 4 heteroatoms. The highest BCUT2D eigenvalue weighted by Crippen LogP contribution is 2.41. The van der Waals surface area contributed by atoms with Crippen molar-refractivity contribution in [2.24, 2.45) is 0 Å². The molecule has 3 rings (SSSR count). The lowest BCUT2D eigenvalue weighted by molar-refractivity contribution is 0.272. The molecule has 1 aromatic rings. The molecule has 2 N–H and O–H groups in total. The summed E-state index contributed by atoms with van der Waals surface area (Å²) in [6, 6.07) is 4.27. The Labute approximate surface area is 93.8 Å². The Kier molecular flexibility index (Phi) is 1.96. The smallest absolute Gasteiger partial charge is 0.144 e. The van der Waals surface area contributed by atoms with Crippen molar-refractivity contribution in [1.29, 1.82) is 0 Å². The Balaban J connectivity index is 2.09. The van der Waals surface area contributed by atoms with Gasteiger partial charge in [0.05, 0.1) is 22.4 Å². The van der Waals surface area contributed by atoms with Gasteiger partial charge in [-0.3, -0.25) is 0 Å². The zero-order valence-corrected chi connectivity index (χ0v) is 9.13. The topological polar surface area (TPSA) is 38.5 Å². The summed E-state index contributed by atoms with van der Waals surface area (Å²) in [5.74, 6) is 0.870. The third-order valence-corrected chi connectivity index (χ3v) is 3.52. The Hall–Kier alpha value is -1.09. The summed E-state index contributed by atoms with van der Waals surface area (Å²) in [6.07, 6.45) is 2.44. The normalized spacial score (nSPS) is 23.3. The van der Waals surface area contributed by atoms with E-state index in [9.17, 15) is 0 Å². The van der Waals surface area contributed by atoms with E-state index < -0.39 is 0 Å². The lowest BCUT2D eigenvalue weighted by atomic mass is 10.1. The highest BCUT2D eigenvalue weighted by Gasteiger charge is 2.31. The molecule has 0 spiro atoms. The van der Waals surface area contributed by atoms with Gasteiger partial charge in [-0.05, 0) is 18.9 Å². The van der Waals surface area contributed by atoms with Crippen LogP contribution in [0.4, 0.5) is 11.4 Å². The molecule has 1 fully saturated rings. The third-order valence-electron chi connectivity index (χ3n) is 3.20. The summed E-state index contributed by atoms with van der Waals surface area (Å²) < 4.78 is 5.69. The van der Waals surface area contributed by atoms with Crippen LogP contribution in [-0.2, 0) is 0 Å². The van der Waals surface area contributed by atoms with Crippen molar-refractivity contribution in [2.75, 3.05) is 23.8 Å². The molecular formula is C11H13ClN2O. The van der Waals surface area contributed by atoms with Crippen molar-refractivity contribution in [3.63, 3.8) is 0 Å². The molecule has 0 aliphatic carbocycles. The molecule has 2 aliphatic rings. The monoisotopic (exact) mass is 224 g/mol. The van der Waals surface area contributed by atoms with Crippen LogP contribution in [0.3, 0.4) is 0 Å². The fourth-order valence-electron chi connectivity index (χ4n) is 2.41. The lowest BCUT2D eigenvalue weighted by Gasteiger charge is -2.33. The van der Waals surface area contributed by atoms with Gasteiger partial charge in [-0.2, -0.15) is 0 Å². The standard InChI is InChI=1S/C11H13ClN2O/c12-8-4-10-11(5-9(8)13)15-6-7-2-1-3-14(7)10/h4-5,7H,1-3,6,13H2. The predicted octanol–water partition coefficient (Wildman–Crippen LogP) is 2.28. The minimum Gasteiger partial charge on any atom is -0.489 e. The Morgan fingerprint density at radius 2 is 2.33 bits per heavy atom. The summed E-state index contributed by atoms with van der Waals surface area (Å²) in [6.45, 7) is 1.87. The molecule has 0 saturated carbocycles. The van der Waals surface area contributed by atoms with Crippen molar-refractivity contribution in [2.45, 2.75) is 18.9 Å². The minimum absolute atomic E-state index is 0.525. The predicted molar refractivity (Wildman–Crippen MR) is 61.7 cm³/mol. The Morgan fingerprint density at radius 3 is 3.20 bits per heavy atom. The number of benzene rings is 1. The Bertz CT molecular complexity index is 408. The second-order valence-electron chi connectivity index (χ2n) is 4.14. The molecule has 0 bridgehead atoms. The average Bonchev–Trinajstić information content (AvgIpc) is 2.68. The van der Waals surface area contributed by atoms with Crippen LogP contribution in [0.25, 0.3) is 0 Å². The van der Waals surface area contributed by atoms with E-state index in [4.69, 9.17) is 22.1 Å². The van der Waals surface area contributed by atoms with Gasteiger partial charge in [-0.1, -0.05) is 11.6 Å². The van der Waals surface area contributed by atoms with Crippen molar-refractivity contribution >= 4 is 23.0 Å². The van der Waals surface area contributed by atoms with Crippen LogP contribution in [-0.4, -0.2) is 19.2 Å². The van der Waals surface area contributed by atoms with E-state index in [1.165, 1.54) is 12.8 Å². The summed E-state index contributed by atoms with van der Waals surface area (Å²) in [7, 11) is 0. The summed E-state index contributed by atoms with van der Waals surface area (Å²) in [5.41, 5.74) is 7.44. The van der Waals surface area contributed by atoms with Crippen LogP contribution in [0, 0.1) is 0 Å². The maximum Gasteiger partial charge on any atom is 0.144 e. The first kappa shape index (κ1) is 9.16. The Morgan fingerprint density at radius 1 is 1.47 bits per heavy atom. The number of fused-ring (bicyclic) bond motifs is 3. The molecule has 80 valence electrons. The fraction of sp³-hybridized carbons (Fsp3) is 0.455. The van der Waals surface area contributed by atoms with E-state index in [0.717, 1.165) is 24.6 Å². The van der Waals surface area contributed by atoms with Gasteiger partial charge < -0.3 is 15.4 Å². The molecule has 1 atom stereocenters. The van der Waals surface area contributed by atoms with Gasteiger partial charge in [-0.25, -0.2) is 0 Å². The van der Waals surface area contributed by atoms with Crippen LogP contribution >= 0.6 is 11.6 Å². The van der Waals surface area contributed by atoms with Crippen molar-refractivity contribution in [3.05, 3.63) is 17.2 Å². The number of hydrogen-bond acceptors (Lipinski definition) is 3. The molecular weight excluding hydrogens is 212 g/mol. The van der Waals surface area contributed by atoms with Gasteiger partial charge in [0.25, 0.3) is 0 Å². The second-order valence-corrected chi connectivity index (χ2v) is 4.55. The maximum atomic E-state index is 6.03. The largest absolute Gasteiger partial charge is 0.489 e. The number of nitrogens with two attached hydrogens (primary N) is 1. The molecule has 2 aliphatic heterocycles. The molecule has 3 nitrogen and oxygen atoms in total. The van der Waals surface area contributed by atoms with Crippen molar-refractivity contribution in [1.82, 2.24) is 0 Å². The van der Waals surface area contributed by atoms with E-state index in [1.807, 2.05) is 12.1 Å². The number of nitrogen functional groups attached to an aromatic ring is 1. The lowest BCUT2D eigenvalue weighted by Crippen LogP contribution is -2.38. The van der Waals surface area contributed by atoms with Crippen LogP contribution in [0.5, 0.6) is 5.75 Å². The number of anilines is 2.